The minimum absolute atomic E-state index is 0.0313. The van der Waals surface area contributed by atoms with E-state index in [1.807, 2.05) is 12.1 Å². The van der Waals surface area contributed by atoms with Crippen molar-refractivity contribution < 1.29 is 15.0 Å². The van der Waals surface area contributed by atoms with E-state index in [0.717, 1.165) is 5.39 Å². The normalized spacial score (nSPS) is 12.3. The van der Waals surface area contributed by atoms with Gasteiger partial charge < -0.3 is 15.5 Å². The Kier molecular flexibility index (Phi) is 3.48. The first-order chi connectivity index (χ1) is 8.59. The largest absolute Gasteiger partial charge is 0.506 e. The van der Waals surface area contributed by atoms with E-state index in [0.29, 0.717) is 5.39 Å². The number of carbonyl (C=O) groups is 1. The fourth-order valence-corrected chi connectivity index (χ4v) is 1.77. The molecule has 0 bridgehead atoms. The second kappa shape index (κ2) is 5.06. The number of aliphatic hydroxyl groups is 1. The number of hydrogen-bond donors (Lipinski definition) is 3. The topological polar surface area (TPSA) is 69.6 Å². The van der Waals surface area contributed by atoms with Gasteiger partial charge >= 0.3 is 0 Å². The number of aliphatic hydroxyl groups excluding tert-OH is 1. The Bertz CT molecular complexity index is 578. The molecule has 2 aromatic carbocycles. The summed E-state index contributed by atoms with van der Waals surface area (Å²) in [7, 11) is 0. The molecule has 0 heterocycles. The van der Waals surface area contributed by atoms with Crippen molar-refractivity contribution in [2.75, 3.05) is 6.54 Å². The van der Waals surface area contributed by atoms with Gasteiger partial charge in [0.15, 0.2) is 0 Å². The van der Waals surface area contributed by atoms with Crippen LogP contribution in [0.1, 0.15) is 17.3 Å². The van der Waals surface area contributed by atoms with Crippen molar-refractivity contribution in [1.82, 2.24) is 5.32 Å². The van der Waals surface area contributed by atoms with Gasteiger partial charge in [-0.3, -0.25) is 4.79 Å². The van der Waals surface area contributed by atoms with E-state index in [1.165, 1.54) is 0 Å². The molecule has 0 aliphatic rings. The molecular weight excluding hydrogens is 230 g/mol. The molecule has 0 aliphatic heterocycles. The number of rotatable bonds is 3. The van der Waals surface area contributed by atoms with Crippen LogP contribution in [0.3, 0.4) is 0 Å². The summed E-state index contributed by atoms with van der Waals surface area (Å²) in [4.78, 5) is 11.8. The zero-order chi connectivity index (χ0) is 13.1. The Morgan fingerprint density at radius 1 is 1.28 bits per heavy atom. The Hall–Kier alpha value is -2.07. The van der Waals surface area contributed by atoms with Gasteiger partial charge in [-0.25, -0.2) is 0 Å². The highest BCUT2D eigenvalue weighted by molar-refractivity contribution is 6.03. The summed E-state index contributed by atoms with van der Waals surface area (Å²) in [6.07, 6.45) is -0.614. The van der Waals surface area contributed by atoms with Crippen LogP contribution in [0, 0.1) is 0 Å². The van der Waals surface area contributed by atoms with Gasteiger partial charge in [-0.05, 0) is 18.4 Å². The average molecular weight is 245 g/mol. The third kappa shape index (κ3) is 2.43. The Morgan fingerprint density at radius 2 is 2.00 bits per heavy atom. The predicted molar refractivity (Wildman–Crippen MR) is 69.6 cm³/mol. The molecule has 3 N–H and O–H groups in total. The molecule has 1 amide bonds. The van der Waals surface area contributed by atoms with Crippen molar-refractivity contribution in [3.8, 4) is 5.75 Å². The highest BCUT2D eigenvalue weighted by Crippen LogP contribution is 2.28. The molecule has 0 saturated heterocycles. The van der Waals surface area contributed by atoms with E-state index >= 15 is 0 Å². The Morgan fingerprint density at radius 3 is 2.72 bits per heavy atom. The standard InChI is InChI=1S/C14H15NO3/c1-9(16)8-15-14(18)12-7-6-10-4-2-3-5-11(10)13(12)17/h2-7,9,16-17H,8H2,1H3,(H,15,18). The lowest BCUT2D eigenvalue weighted by Crippen LogP contribution is -2.30. The lowest BCUT2D eigenvalue weighted by molar-refractivity contribution is 0.0921. The smallest absolute Gasteiger partial charge is 0.255 e. The summed E-state index contributed by atoms with van der Waals surface area (Å²) in [5.41, 5.74) is 0.217. The second-order valence-corrected chi connectivity index (χ2v) is 4.24. The summed E-state index contributed by atoms with van der Waals surface area (Å²) in [6.45, 7) is 1.74. The van der Waals surface area contributed by atoms with Gasteiger partial charge in [-0.15, -0.1) is 0 Å². The van der Waals surface area contributed by atoms with Gasteiger partial charge in [0.1, 0.15) is 5.75 Å². The summed E-state index contributed by atoms with van der Waals surface area (Å²) in [5, 5.41) is 23.2. The number of hydrogen-bond acceptors (Lipinski definition) is 3. The molecule has 0 saturated carbocycles. The SMILES string of the molecule is CC(O)CNC(=O)c1ccc2ccccc2c1O. The predicted octanol–water partition coefficient (Wildman–Crippen LogP) is 1.66. The lowest BCUT2D eigenvalue weighted by atomic mass is 10.0. The highest BCUT2D eigenvalue weighted by atomic mass is 16.3. The number of phenols is 1. The highest BCUT2D eigenvalue weighted by Gasteiger charge is 2.13. The van der Waals surface area contributed by atoms with Gasteiger partial charge in [-0.1, -0.05) is 30.3 Å². The van der Waals surface area contributed by atoms with Crippen LogP contribution in [-0.2, 0) is 0 Å². The molecule has 94 valence electrons. The zero-order valence-electron chi connectivity index (χ0n) is 10.1. The zero-order valence-corrected chi connectivity index (χ0v) is 10.1. The van der Waals surface area contributed by atoms with E-state index in [-0.39, 0.29) is 23.8 Å². The van der Waals surface area contributed by atoms with Crippen molar-refractivity contribution in [2.45, 2.75) is 13.0 Å². The molecule has 1 unspecified atom stereocenters. The molecule has 18 heavy (non-hydrogen) atoms. The molecule has 0 fully saturated rings. The summed E-state index contributed by atoms with van der Waals surface area (Å²) >= 11 is 0. The van der Waals surface area contributed by atoms with Crippen LogP contribution < -0.4 is 5.32 Å². The molecule has 1 atom stereocenters. The van der Waals surface area contributed by atoms with Gasteiger partial charge in [-0.2, -0.15) is 0 Å². The van der Waals surface area contributed by atoms with E-state index < -0.39 is 6.10 Å². The summed E-state index contributed by atoms with van der Waals surface area (Å²) in [5.74, 6) is -0.421. The second-order valence-electron chi connectivity index (χ2n) is 4.24. The van der Waals surface area contributed by atoms with Crippen LogP contribution in [0.25, 0.3) is 10.8 Å². The first-order valence-electron chi connectivity index (χ1n) is 5.76. The Balaban J connectivity index is 2.34. The molecule has 2 rings (SSSR count). The molecule has 0 spiro atoms. The summed E-state index contributed by atoms with van der Waals surface area (Å²) in [6, 6.07) is 10.7. The third-order valence-electron chi connectivity index (χ3n) is 2.70. The van der Waals surface area contributed by atoms with Gasteiger partial charge in [0.05, 0.1) is 11.7 Å². The quantitative estimate of drug-likeness (QED) is 0.770. The van der Waals surface area contributed by atoms with Crippen LogP contribution in [0.4, 0.5) is 0 Å². The summed E-state index contributed by atoms with van der Waals surface area (Å²) < 4.78 is 0. The maximum absolute atomic E-state index is 11.8. The van der Waals surface area contributed by atoms with E-state index in [1.54, 1.807) is 31.2 Å². The molecule has 0 aromatic heterocycles. The van der Waals surface area contributed by atoms with Gasteiger partial charge in [0.25, 0.3) is 5.91 Å². The lowest BCUT2D eigenvalue weighted by Gasteiger charge is -2.10. The van der Waals surface area contributed by atoms with Gasteiger partial charge in [0, 0.05) is 11.9 Å². The molecule has 0 radical (unpaired) electrons. The number of fused-ring (bicyclic) bond motifs is 1. The first-order valence-corrected chi connectivity index (χ1v) is 5.76. The first kappa shape index (κ1) is 12.4. The van der Waals surface area contributed by atoms with Crippen LogP contribution >= 0.6 is 0 Å². The van der Waals surface area contributed by atoms with E-state index in [4.69, 9.17) is 5.11 Å². The van der Waals surface area contributed by atoms with Crippen LogP contribution in [0.2, 0.25) is 0 Å². The monoisotopic (exact) mass is 245 g/mol. The fraction of sp³-hybridized carbons (Fsp3) is 0.214. The van der Waals surface area contributed by atoms with Crippen molar-refractivity contribution in [2.24, 2.45) is 0 Å². The van der Waals surface area contributed by atoms with E-state index in [2.05, 4.69) is 5.32 Å². The van der Waals surface area contributed by atoms with Crippen LogP contribution in [0.5, 0.6) is 5.75 Å². The fourth-order valence-electron chi connectivity index (χ4n) is 1.77. The Labute approximate surface area is 105 Å². The number of phenolic OH excluding ortho intramolecular Hbond substituents is 1. The van der Waals surface area contributed by atoms with Crippen molar-refractivity contribution >= 4 is 16.7 Å². The number of nitrogens with one attached hydrogen (secondary N) is 1. The minimum atomic E-state index is -0.614. The number of amides is 1. The maximum Gasteiger partial charge on any atom is 0.255 e. The number of carbonyl (C=O) groups excluding carboxylic acids is 1. The average Bonchev–Trinajstić information content (AvgIpc) is 2.37. The molecule has 4 heteroatoms. The minimum Gasteiger partial charge on any atom is -0.506 e. The van der Waals surface area contributed by atoms with Crippen LogP contribution in [0.15, 0.2) is 36.4 Å². The molecular formula is C14H15NO3. The molecule has 4 nitrogen and oxygen atoms in total. The maximum atomic E-state index is 11.8. The third-order valence-corrected chi connectivity index (χ3v) is 2.70. The van der Waals surface area contributed by atoms with Gasteiger partial charge in [0.2, 0.25) is 0 Å². The molecule has 0 aliphatic carbocycles. The number of benzene rings is 2. The van der Waals surface area contributed by atoms with Crippen LogP contribution in [-0.4, -0.2) is 28.8 Å². The van der Waals surface area contributed by atoms with Crippen molar-refractivity contribution in [1.29, 1.82) is 0 Å². The molecule has 2 aromatic rings. The van der Waals surface area contributed by atoms with Crippen molar-refractivity contribution in [3.05, 3.63) is 42.0 Å². The van der Waals surface area contributed by atoms with E-state index in [9.17, 15) is 9.90 Å². The van der Waals surface area contributed by atoms with Crippen molar-refractivity contribution in [3.63, 3.8) is 0 Å². The number of aromatic hydroxyl groups is 1.